The number of nitrogens with zero attached hydrogens (tertiary/aromatic N) is 2. The predicted molar refractivity (Wildman–Crippen MR) is 105 cm³/mol. The lowest BCUT2D eigenvalue weighted by molar-refractivity contribution is -0.135. The van der Waals surface area contributed by atoms with Gasteiger partial charge in [-0.2, -0.15) is 11.3 Å². The van der Waals surface area contributed by atoms with E-state index in [1.807, 2.05) is 29.0 Å². The third kappa shape index (κ3) is 3.64. The van der Waals surface area contributed by atoms with Gasteiger partial charge in [-0.15, -0.1) is 0 Å². The van der Waals surface area contributed by atoms with Crippen LogP contribution in [0.15, 0.2) is 41.4 Å². The van der Waals surface area contributed by atoms with Crippen molar-refractivity contribution in [3.63, 3.8) is 0 Å². The molecule has 7 nitrogen and oxygen atoms in total. The number of amides is 4. The van der Waals surface area contributed by atoms with Crippen LogP contribution >= 0.6 is 11.3 Å². The quantitative estimate of drug-likeness (QED) is 0.700. The molecule has 0 radical (unpaired) electrons. The Kier molecular flexibility index (Phi) is 4.89. The maximum atomic E-state index is 12.7. The van der Waals surface area contributed by atoms with Crippen molar-refractivity contribution in [3.8, 4) is 0 Å². The van der Waals surface area contributed by atoms with Crippen LogP contribution in [0.3, 0.4) is 0 Å². The first-order valence-corrected chi connectivity index (χ1v) is 10.3. The van der Waals surface area contributed by atoms with Crippen LogP contribution in [-0.2, 0) is 16.0 Å². The highest BCUT2D eigenvalue weighted by molar-refractivity contribution is 7.07. The molecule has 2 aliphatic rings. The summed E-state index contributed by atoms with van der Waals surface area (Å²) >= 11 is 1.60. The summed E-state index contributed by atoms with van der Waals surface area (Å²) in [5.41, 5.74) is 1.11. The first-order chi connectivity index (χ1) is 13.5. The van der Waals surface area contributed by atoms with E-state index in [2.05, 4.69) is 15.6 Å². The molecule has 4 amide bonds. The summed E-state index contributed by atoms with van der Waals surface area (Å²) in [6.07, 6.45) is 5.85. The van der Waals surface area contributed by atoms with Gasteiger partial charge in [0, 0.05) is 12.4 Å². The third-order valence-corrected chi connectivity index (χ3v) is 6.17. The normalized spacial score (nSPS) is 22.8. The van der Waals surface area contributed by atoms with Crippen LogP contribution in [0.4, 0.5) is 4.79 Å². The van der Waals surface area contributed by atoms with Crippen LogP contribution < -0.4 is 10.6 Å². The van der Waals surface area contributed by atoms with Gasteiger partial charge in [0.2, 0.25) is 5.91 Å². The summed E-state index contributed by atoms with van der Waals surface area (Å²) in [5, 5.41) is 9.76. The number of pyridine rings is 1. The Hall–Kier alpha value is -2.74. The Morgan fingerprint density at radius 1 is 1.43 bits per heavy atom. The predicted octanol–water partition coefficient (Wildman–Crippen LogP) is 2.26. The topological polar surface area (TPSA) is 91.4 Å². The van der Waals surface area contributed by atoms with Crippen molar-refractivity contribution in [2.45, 2.75) is 37.8 Å². The van der Waals surface area contributed by atoms with Crippen LogP contribution in [0.25, 0.3) is 0 Å². The summed E-state index contributed by atoms with van der Waals surface area (Å²) in [5.74, 6) is -0.516. The average Bonchev–Trinajstić information content (AvgIpc) is 3.39. The van der Waals surface area contributed by atoms with Gasteiger partial charge in [-0.1, -0.05) is 6.07 Å². The highest BCUT2D eigenvalue weighted by Crippen LogP contribution is 2.42. The molecular formula is C20H22N4O3S. The SMILES string of the molecule is CC1(C2CC2)NC(=O)N(CC(=O)NC(Cc2ccsc2)c2cccnc2)C1=O. The summed E-state index contributed by atoms with van der Waals surface area (Å²) in [6, 6.07) is 4.96. The van der Waals surface area contributed by atoms with Crippen molar-refractivity contribution < 1.29 is 14.4 Å². The highest BCUT2D eigenvalue weighted by Gasteiger charge is 2.56. The maximum Gasteiger partial charge on any atom is 0.325 e. The fraction of sp³-hybridized carbons (Fsp3) is 0.400. The highest BCUT2D eigenvalue weighted by atomic mass is 32.1. The van der Waals surface area contributed by atoms with E-state index in [-0.39, 0.29) is 30.3 Å². The molecule has 1 saturated heterocycles. The minimum atomic E-state index is -0.878. The maximum absolute atomic E-state index is 12.7. The number of imide groups is 1. The van der Waals surface area contributed by atoms with E-state index in [1.165, 1.54) is 0 Å². The fourth-order valence-corrected chi connectivity index (χ4v) is 4.34. The number of nitrogens with one attached hydrogen (secondary N) is 2. The van der Waals surface area contributed by atoms with Crippen LogP contribution in [0.5, 0.6) is 0 Å². The van der Waals surface area contributed by atoms with E-state index in [0.717, 1.165) is 28.9 Å². The molecule has 1 aliphatic heterocycles. The minimum absolute atomic E-state index is 0.166. The second-order valence-corrected chi connectivity index (χ2v) is 8.32. The van der Waals surface area contributed by atoms with E-state index >= 15 is 0 Å². The lowest BCUT2D eigenvalue weighted by atomic mass is 9.96. The van der Waals surface area contributed by atoms with Crippen molar-refractivity contribution >= 4 is 29.2 Å². The van der Waals surface area contributed by atoms with Crippen molar-refractivity contribution in [2.24, 2.45) is 5.92 Å². The van der Waals surface area contributed by atoms with Gasteiger partial charge in [-0.05, 0) is 66.1 Å². The molecule has 2 fully saturated rings. The van der Waals surface area contributed by atoms with E-state index < -0.39 is 11.6 Å². The van der Waals surface area contributed by atoms with Gasteiger partial charge in [0.05, 0.1) is 6.04 Å². The molecule has 0 bridgehead atoms. The van der Waals surface area contributed by atoms with E-state index in [9.17, 15) is 14.4 Å². The van der Waals surface area contributed by atoms with Crippen LogP contribution in [0, 0.1) is 5.92 Å². The molecule has 2 aromatic rings. The third-order valence-electron chi connectivity index (χ3n) is 5.44. The molecule has 0 aromatic carbocycles. The smallest absolute Gasteiger partial charge is 0.325 e. The van der Waals surface area contributed by atoms with Gasteiger partial charge >= 0.3 is 6.03 Å². The zero-order valence-electron chi connectivity index (χ0n) is 15.6. The Bertz CT molecular complexity index is 882. The largest absolute Gasteiger partial charge is 0.347 e. The number of carbonyl (C=O) groups excluding carboxylic acids is 3. The fourth-order valence-electron chi connectivity index (χ4n) is 3.66. The molecule has 2 atom stereocenters. The molecular weight excluding hydrogens is 376 g/mol. The van der Waals surface area contributed by atoms with Gasteiger partial charge in [0.1, 0.15) is 12.1 Å². The Morgan fingerprint density at radius 2 is 2.25 bits per heavy atom. The second-order valence-electron chi connectivity index (χ2n) is 7.54. The average molecular weight is 398 g/mol. The Labute approximate surface area is 167 Å². The number of thiophene rings is 1. The lowest BCUT2D eigenvalue weighted by Gasteiger charge is -2.22. The molecule has 2 N–H and O–H groups in total. The summed E-state index contributed by atoms with van der Waals surface area (Å²) in [7, 11) is 0. The second kappa shape index (κ2) is 7.35. The molecule has 3 heterocycles. The Morgan fingerprint density at radius 3 is 2.89 bits per heavy atom. The number of hydrogen-bond donors (Lipinski definition) is 2. The molecule has 1 saturated carbocycles. The van der Waals surface area contributed by atoms with Gasteiger partial charge in [-0.25, -0.2) is 4.79 Å². The molecule has 2 unspecified atom stereocenters. The molecule has 8 heteroatoms. The zero-order chi connectivity index (χ0) is 19.7. The molecule has 2 aromatic heterocycles. The minimum Gasteiger partial charge on any atom is -0.347 e. The van der Waals surface area contributed by atoms with E-state index in [4.69, 9.17) is 0 Å². The monoisotopic (exact) mass is 398 g/mol. The van der Waals surface area contributed by atoms with Gasteiger partial charge in [0.15, 0.2) is 0 Å². The summed E-state index contributed by atoms with van der Waals surface area (Å²) in [4.78, 5) is 42.9. The molecule has 0 spiro atoms. The molecule has 4 rings (SSSR count). The number of aromatic nitrogens is 1. The van der Waals surface area contributed by atoms with E-state index in [0.29, 0.717) is 6.42 Å². The molecule has 146 valence electrons. The van der Waals surface area contributed by atoms with Crippen molar-refractivity contribution in [1.82, 2.24) is 20.5 Å². The van der Waals surface area contributed by atoms with Gasteiger partial charge in [0.25, 0.3) is 5.91 Å². The molecule has 1 aliphatic carbocycles. The first-order valence-electron chi connectivity index (χ1n) is 9.32. The van der Waals surface area contributed by atoms with Gasteiger partial charge in [-0.3, -0.25) is 19.5 Å². The zero-order valence-corrected chi connectivity index (χ0v) is 16.4. The number of urea groups is 1. The standard InChI is InChI=1S/C20H22N4O3S/c1-20(15-4-5-15)18(26)24(19(27)23-20)11-17(25)22-16(9-13-6-8-28-12-13)14-3-2-7-21-10-14/h2-3,6-8,10,12,15-16H,4-5,9,11H2,1H3,(H,22,25)(H,23,27). The first kappa shape index (κ1) is 18.6. The van der Waals surface area contributed by atoms with Crippen molar-refractivity contribution in [3.05, 3.63) is 52.5 Å². The van der Waals surface area contributed by atoms with Crippen LogP contribution in [-0.4, -0.2) is 39.8 Å². The van der Waals surface area contributed by atoms with Crippen LogP contribution in [0.2, 0.25) is 0 Å². The van der Waals surface area contributed by atoms with E-state index in [1.54, 1.807) is 30.7 Å². The van der Waals surface area contributed by atoms with Gasteiger partial charge < -0.3 is 10.6 Å². The Balaban J connectivity index is 1.46. The lowest BCUT2D eigenvalue weighted by Crippen LogP contribution is -2.47. The number of hydrogen-bond acceptors (Lipinski definition) is 5. The number of carbonyl (C=O) groups is 3. The summed E-state index contributed by atoms with van der Waals surface area (Å²) in [6.45, 7) is 1.46. The number of rotatable bonds is 7. The molecule has 28 heavy (non-hydrogen) atoms. The summed E-state index contributed by atoms with van der Waals surface area (Å²) < 4.78 is 0. The van der Waals surface area contributed by atoms with Crippen LogP contribution in [0.1, 0.15) is 36.9 Å². The van der Waals surface area contributed by atoms with Crippen molar-refractivity contribution in [2.75, 3.05) is 6.54 Å². The van der Waals surface area contributed by atoms with Crippen molar-refractivity contribution in [1.29, 1.82) is 0 Å².